The van der Waals surface area contributed by atoms with Crippen molar-refractivity contribution in [3.05, 3.63) is 18.2 Å². The zero-order valence-corrected chi connectivity index (χ0v) is 9.78. The van der Waals surface area contributed by atoms with Gasteiger partial charge in [-0.05, 0) is 25.8 Å². The molecule has 0 aliphatic carbocycles. The third kappa shape index (κ3) is 2.70. The van der Waals surface area contributed by atoms with Crippen molar-refractivity contribution in [1.29, 1.82) is 0 Å². The molecule has 1 fully saturated rings. The van der Waals surface area contributed by atoms with E-state index in [1.807, 2.05) is 13.2 Å². The van der Waals surface area contributed by atoms with Crippen molar-refractivity contribution < 1.29 is 4.79 Å². The summed E-state index contributed by atoms with van der Waals surface area (Å²) in [6.07, 6.45) is 8.78. The second-order valence-electron chi connectivity index (χ2n) is 4.47. The van der Waals surface area contributed by atoms with Crippen LogP contribution in [0.5, 0.6) is 0 Å². The zero-order valence-electron chi connectivity index (χ0n) is 9.78. The summed E-state index contributed by atoms with van der Waals surface area (Å²) in [7, 11) is 1.86. The third-order valence-corrected chi connectivity index (χ3v) is 3.20. The molecule has 1 N–H and O–H groups in total. The Labute approximate surface area is 96.1 Å². The molecule has 1 aliphatic rings. The SMILES string of the molecule is Cn1ccnc1C(=O)CCC1CCCCN1. The number of aromatic nitrogens is 2. The van der Waals surface area contributed by atoms with E-state index < -0.39 is 0 Å². The summed E-state index contributed by atoms with van der Waals surface area (Å²) in [5.41, 5.74) is 0. The molecule has 1 aromatic heterocycles. The second-order valence-corrected chi connectivity index (χ2v) is 4.47. The van der Waals surface area contributed by atoms with E-state index in [-0.39, 0.29) is 5.78 Å². The van der Waals surface area contributed by atoms with E-state index in [0.29, 0.717) is 18.3 Å². The summed E-state index contributed by atoms with van der Waals surface area (Å²) in [6, 6.07) is 0.526. The third-order valence-electron chi connectivity index (χ3n) is 3.20. The van der Waals surface area contributed by atoms with Gasteiger partial charge in [0.15, 0.2) is 11.6 Å². The van der Waals surface area contributed by atoms with Gasteiger partial charge in [-0.15, -0.1) is 0 Å². The van der Waals surface area contributed by atoms with E-state index >= 15 is 0 Å². The lowest BCUT2D eigenvalue weighted by Gasteiger charge is -2.22. The molecule has 1 aliphatic heterocycles. The Morgan fingerprint density at radius 2 is 2.50 bits per heavy atom. The first-order valence-electron chi connectivity index (χ1n) is 6.01. The van der Waals surface area contributed by atoms with Crippen molar-refractivity contribution in [3.63, 3.8) is 0 Å². The van der Waals surface area contributed by atoms with Crippen molar-refractivity contribution in [2.75, 3.05) is 6.54 Å². The molecule has 16 heavy (non-hydrogen) atoms. The topological polar surface area (TPSA) is 46.9 Å². The molecule has 0 radical (unpaired) electrons. The normalized spacial score (nSPS) is 20.9. The fourth-order valence-electron chi connectivity index (χ4n) is 2.22. The number of carbonyl (C=O) groups is 1. The number of piperidine rings is 1. The van der Waals surface area contributed by atoms with Crippen LogP contribution in [0.15, 0.2) is 12.4 Å². The Bertz CT molecular complexity index is 353. The number of carbonyl (C=O) groups excluding carboxylic acids is 1. The first-order valence-corrected chi connectivity index (χ1v) is 6.01. The Kier molecular flexibility index (Phi) is 3.72. The number of ketones is 1. The lowest BCUT2D eigenvalue weighted by molar-refractivity contribution is 0.0961. The van der Waals surface area contributed by atoms with Gasteiger partial charge >= 0.3 is 0 Å². The number of hydrogen-bond acceptors (Lipinski definition) is 3. The maximum absolute atomic E-state index is 11.9. The average molecular weight is 221 g/mol. The molecule has 1 saturated heterocycles. The average Bonchev–Trinajstić information content (AvgIpc) is 2.74. The molecule has 4 heteroatoms. The highest BCUT2D eigenvalue weighted by molar-refractivity contribution is 5.92. The highest BCUT2D eigenvalue weighted by Gasteiger charge is 2.16. The number of imidazole rings is 1. The van der Waals surface area contributed by atoms with E-state index in [1.54, 1.807) is 10.8 Å². The molecule has 2 heterocycles. The molecular weight excluding hydrogens is 202 g/mol. The molecule has 0 spiro atoms. The standard InChI is InChI=1S/C12H19N3O/c1-15-9-8-14-12(15)11(16)6-5-10-4-2-3-7-13-10/h8-10,13H,2-7H2,1H3. The molecule has 4 nitrogen and oxygen atoms in total. The molecule has 1 unspecified atom stereocenters. The van der Waals surface area contributed by atoms with Crippen molar-refractivity contribution in [2.45, 2.75) is 38.1 Å². The Balaban J connectivity index is 1.81. The second kappa shape index (κ2) is 5.25. The number of rotatable bonds is 4. The molecule has 1 atom stereocenters. The number of nitrogens with zero attached hydrogens (tertiary/aromatic N) is 2. The maximum Gasteiger partial charge on any atom is 0.198 e. The Hall–Kier alpha value is -1.16. The van der Waals surface area contributed by atoms with Crippen molar-refractivity contribution in [1.82, 2.24) is 14.9 Å². The molecule has 1 aromatic rings. The van der Waals surface area contributed by atoms with Gasteiger partial charge in [-0.25, -0.2) is 4.98 Å². The van der Waals surface area contributed by atoms with E-state index in [2.05, 4.69) is 10.3 Å². The van der Waals surface area contributed by atoms with Crippen LogP contribution in [0.4, 0.5) is 0 Å². The summed E-state index contributed by atoms with van der Waals surface area (Å²) in [4.78, 5) is 15.9. The van der Waals surface area contributed by atoms with Crippen LogP contribution >= 0.6 is 0 Å². The zero-order chi connectivity index (χ0) is 11.4. The number of aryl methyl sites for hydroxylation is 1. The molecule has 2 rings (SSSR count). The van der Waals surface area contributed by atoms with Crippen molar-refractivity contribution in [2.24, 2.45) is 7.05 Å². The summed E-state index contributed by atoms with van der Waals surface area (Å²) >= 11 is 0. The summed E-state index contributed by atoms with van der Waals surface area (Å²) in [5.74, 6) is 0.732. The molecule has 88 valence electrons. The van der Waals surface area contributed by atoms with E-state index in [1.165, 1.54) is 19.3 Å². The molecule has 0 aromatic carbocycles. The van der Waals surface area contributed by atoms with Gasteiger partial charge in [-0.1, -0.05) is 6.42 Å². The number of hydrogen-bond donors (Lipinski definition) is 1. The van der Waals surface area contributed by atoms with Gasteiger partial charge < -0.3 is 9.88 Å². The molecular formula is C12H19N3O. The van der Waals surface area contributed by atoms with Gasteiger partial charge in [-0.2, -0.15) is 0 Å². The van der Waals surface area contributed by atoms with Crippen LogP contribution in [0.1, 0.15) is 42.7 Å². The quantitative estimate of drug-likeness (QED) is 0.784. The fraction of sp³-hybridized carbons (Fsp3) is 0.667. The van der Waals surface area contributed by atoms with Crippen LogP contribution in [0, 0.1) is 0 Å². The number of nitrogens with one attached hydrogen (secondary N) is 1. The minimum atomic E-state index is 0.153. The van der Waals surface area contributed by atoms with Crippen LogP contribution in [-0.4, -0.2) is 27.9 Å². The van der Waals surface area contributed by atoms with Crippen LogP contribution in [0.3, 0.4) is 0 Å². The summed E-state index contributed by atoms with van der Waals surface area (Å²) in [6.45, 7) is 1.10. The maximum atomic E-state index is 11.9. The van der Waals surface area contributed by atoms with Crippen molar-refractivity contribution >= 4 is 5.78 Å². The minimum absolute atomic E-state index is 0.153. The van der Waals surface area contributed by atoms with Gasteiger partial charge in [0.1, 0.15) is 0 Å². The molecule has 0 saturated carbocycles. The lowest BCUT2D eigenvalue weighted by atomic mass is 9.99. The van der Waals surface area contributed by atoms with Crippen LogP contribution < -0.4 is 5.32 Å². The Morgan fingerprint density at radius 3 is 3.12 bits per heavy atom. The Morgan fingerprint density at radius 1 is 1.62 bits per heavy atom. The monoisotopic (exact) mass is 221 g/mol. The van der Waals surface area contributed by atoms with Gasteiger partial charge in [0, 0.05) is 31.9 Å². The van der Waals surface area contributed by atoms with Crippen molar-refractivity contribution in [3.8, 4) is 0 Å². The van der Waals surface area contributed by atoms with Crippen LogP contribution in [-0.2, 0) is 7.05 Å². The summed E-state index contributed by atoms with van der Waals surface area (Å²) < 4.78 is 1.79. The number of Topliss-reactive ketones (excluding diaryl/α,β-unsaturated/α-hetero) is 1. The largest absolute Gasteiger partial charge is 0.332 e. The van der Waals surface area contributed by atoms with E-state index in [0.717, 1.165) is 13.0 Å². The first kappa shape index (κ1) is 11.3. The highest BCUT2D eigenvalue weighted by Crippen LogP contribution is 2.13. The first-order chi connectivity index (χ1) is 7.77. The smallest absolute Gasteiger partial charge is 0.198 e. The van der Waals surface area contributed by atoms with E-state index in [4.69, 9.17) is 0 Å². The highest BCUT2D eigenvalue weighted by atomic mass is 16.1. The van der Waals surface area contributed by atoms with Crippen LogP contribution in [0.25, 0.3) is 0 Å². The fourth-order valence-corrected chi connectivity index (χ4v) is 2.22. The van der Waals surface area contributed by atoms with Gasteiger partial charge in [0.05, 0.1) is 0 Å². The predicted molar refractivity (Wildman–Crippen MR) is 62.4 cm³/mol. The minimum Gasteiger partial charge on any atom is -0.332 e. The summed E-state index contributed by atoms with van der Waals surface area (Å²) in [5, 5.41) is 3.45. The van der Waals surface area contributed by atoms with Gasteiger partial charge in [0.25, 0.3) is 0 Å². The van der Waals surface area contributed by atoms with Gasteiger partial charge in [0.2, 0.25) is 0 Å². The molecule has 0 bridgehead atoms. The molecule has 0 amide bonds. The van der Waals surface area contributed by atoms with E-state index in [9.17, 15) is 4.79 Å². The van der Waals surface area contributed by atoms with Gasteiger partial charge in [-0.3, -0.25) is 4.79 Å². The predicted octanol–water partition coefficient (Wildman–Crippen LogP) is 1.53. The van der Waals surface area contributed by atoms with Crippen LogP contribution in [0.2, 0.25) is 0 Å². The lowest BCUT2D eigenvalue weighted by Crippen LogP contribution is -2.34.